The van der Waals surface area contributed by atoms with Crippen molar-refractivity contribution in [3.8, 4) is 0 Å². The summed E-state index contributed by atoms with van der Waals surface area (Å²) in [5.41, 5.74) is 8.24. The SMILES string of the molecule is [N-]=[N+]=NCCOCCOCCOCCOCCS(=O)c1cccc2c1C(=O)N(C1CCC(=O)NC1=O)C2=O. The van der Waals surface area contributed by atoms with Crippen LogP contribution in [0.2, 0.25) is 0 Å². The van der Waals surface area contributed by atoms with E-state index in [1.54, 1.807) is 0 Å². The third-order valence-corrected chi connectivity index (χ3v) is 6.97. The summed E-state index contributed by atoms with van der Waals surface area (Å²) in [6, 6.07) is 3.43. The zero-order valence-corrected chi connectivity index (χ0v) is 21.5. The van der Waals surface area contributed by atoms with E-state index in [4.69, 9.17) is 24.5 Å². The standard InChI is InChI=1S/C23H29N5O9S/c24-27-25-6-7-34-8-9-35-10-11-36-12-13-37-14-15-38(33)18-3-1-2-16-20(18)23(32)28(22(16)31)17-4-5-19(29)26-21(17)30/h1-3,17H,4-15H2,(H,26,29,30). The first-order valence-electron chi connectivity index (χ1n) is 12.0. The first-order chi connectivity index (χ1) is 18.5. The van der Waals surface area contributed by atoms with Gasteiger partial charge >= 0.3 is 0 Å². The highest BCUT2D eigenvalue weighted by atomic mass is 32.2. The second kappa shape index (κ2) is 15.3. The molecular formula is C23H29N5O9S. The lowest BCUT2D eigenvalue weighted by molar-refractivity contribution is -0.136. The number of nitrogens with zero attached hydrogens (tertiary/aromatic N) is 4. The first kappa shape index (κ1) is 29.4. The summed E-state index contributed by atoms with van der Waals surface area (Å²) in [5, 5.41) is 5.49. The molecule has 2 aliphatic heterocycles. The first-order valence-corrected chi connectivity index (χ1v) is 13.3. The summed E-state index contributed by atoms with van der Waals surface area (Å²) < 4.78 is 34.3. The monoisotopic (exact) mass is 551 g/mol. The molecular weight excluding hydrogens is 522 g/mol. The number of carbonyl (C=O) groups is 4. The third kappa shape index (κ3) is 7.90. The highest BCUT2D eigenvalue weighted by Gasteiger charge is 2.46. The number of benzene rings is 1. The van der Waals surface area contributed by atoms with Gasteiger partial charge in [-0.15, -0.1) is 0 Å². The number of amides is 4. The number of nitrogens with one attached hydrogen (secondary N) is 1. The maximum atomic E-state index is 13.1. The average Bonchev–Trinajstić information content (AvgIpc) is 3.16. The molecule has 1 aromatic rings. The lowest BCUT2D eigenvalue weighted by atomic mass is 10.0. The van der Waals surface area contributed by atoms with Crippen LogP contribution in [0.15, 0.2) is 28.2 Å². The highest BCUT2D eigenvalue weighted by molar-refractivity contribution is 7.85. The smallest absolute Gasteiger partial charge is 0.263 e. The van der Waals surface area contributed by atoms with Crippen LogP contribution < -0.4 is 5.32 Å². The molecule has 0 radical (unpaired) electrons. The Labute approximate surface area is 221 Å². The second-order valence-corrected chi connectivity index (χ2v) is 9.62. The van der Waals surface area contributed by atoms with Gasteiger partial charge in [0.05, 0.1) is 85.4 Å². The number of hydrogen-bond donors (Lipinski definition) is 1. The van der Waals surface area contributed by atoms with Gasteiger partial charge in [0, 0.05) is 17.9 Å². The van der Waals surface area contributed by atoms with Crippen molar-refractivity contribution < 1.29 is 42.3 Å². The summed E-state index contributed by atoms with van der Waals surface area (Å²) in [6.07, 6.45) is 0.0675. The molecule has 2 aliphatic rings. The van der Waals surface area contributed by atoms with Gasteiger partial charge in [0.15, 0.2) is 0 Å². The van der Waals surface area contributed by atoms with Gasteiger partial charge in [0.2, 0.25) is 11.8 Å². The van der Waals surface area contributed by atoms with Crippen LogP contribution in [0.25, 0.3) is 10.4 Å². The predicted molar refractivity (Wildman–Crippen MR) is 132 cm³/mol. The van der Waals surface area contributed by atoms with E-state index in [-0.39, 0.29) is 54.4 Å². The van der Waals surface area contributed by atoms with E-state index in [9.17, 15) is 23.4 Å². The fraction of sp³-hybridized carbons (Fsp3) is 0.565. The van der Waals surface area contributed by atoms with E-state index in [0.717, 1.165) is 4.90 Å². The minimum absolute atomic E-state index is 0.0185. The van der Waals surface area contributed by atoms with E-state index >= 15 is 0 Å². The summed E-state index contributed by atoms with van der Waals surface area (Å²) in [5.74, 6) is -2.40. The van der Waals surface area contributed by atoms with Crippen molar-refractivity contribution in [3.63, 3.8) is 0 Å². The Hall–Kier alpha value is -3.20. The predicted octanol–water partition coefficient (Wildman–Crippen LogP) is 0.572. The number of azide groups is 1. The second-order valence-electron chi connectivity index (χ2n) is 8.08. The molecule has 1 fully saturated rings. The van der Waals surface area contributed by atoms with E-state index in [2.05, 4.69) is 15.3 Å². The van der Waals surface area contributed by atoms with Crippen molar-refractivity contribution in [2.75, 3.05) is 65.2 Å². The Kier molecular flexibility index (Phi) is 11.8. The van der Waals surface area contributed by atoms with E-state index < -0.39 is 40.5 Å². The molecule has 2 unspecified atom stereocenters. The molecule has 1 N–H and O–H groups in total. The maximum absolute atomic E-state index is 13.1. The van der Waals surface area contributed by atoms with Crippen LogP contribution in [0.4, 0.5) is 0 Å². The lowest BCUT2D eigenvalue weighted by Crippen LogP contribution is -2.54. The lowest BCUT2D eigenvalue weighted by Gasteiger charge is -2.27. The van der Waals surface area contributed by atoms with E-state index in [1.807, 2.05) is 0 Å². The van der Waals surface area contributed by atoms with Crippen molar-refractivity contribution in [2.45, 2.75) is 23.8 Å². The molecule has 15 heteroatoms. The van der Waals surface area contributed by atoms with Crippen LogP contribution in [0.1, 0.15) is 33.6 Å². The Balaban J connectivity index is 1.35. The molecule has 1 aromatic carbocycles. The van der Waals surface area contributed by atoms with Crippen LogP contribution in [-0.4, -0.2) is 104 Å². The number of carbonyl (C=O) groups excluding carboxylic acids is 4. The summed E-state index contributed by atoms with van der Waals surface area (Å²) in [7, 11) is -1.63. The van der Waals surface area contributed by atoms with Crippen molar-refractivity contribution in [2.24, 2.45) is 5.11 Å². The van der Waals surface area contributed by atoms with Crippen LogP contribution in [0.3, 0.4) is 0 Å². The molecule has 206 valence electrons. The number of piperidine rings is 1. The Morgan fingerprint density at radius 2 is 1.58 bits per heavy atom. The largest absolute Gasteiger partial charge is 0.379 e. The van der Waals surface area contributed by atoms with Gasteiger partial charge in [0.1, 0.15) is 6.04 Å². The fourth-order valence-electron chi connectivity index (χ4n) is 3.83. The molecule has 0 saturated carbocycles. The van der Waals surface area contributed by atoms with Gasteiger partial charge in [-0.2, -0.15) is 0 Å². The molecule has 0 aliphatic carbocycles. The van der Waals surface area contributed by atoms with Crippen molar-refractivity contribution in [1.29, 1.82) is 0 Å². The number of ether oxygens (including phenoxy) is 4. The van der Waals surface area contributed by atoms with Crippen LogP contribution in [0.5, 0.6) is 0 Å². The summed E-state index contributed by atoms with van der Waals surface area (Å²) >= 11 is 0. The fourth-order valence-corrected chi connectivity index (χ4v) is 4.97. The maximum Gasteiger partial charge on any atom is 0.263 e. The molecule has 1 saturated heterocycles. The minimum atomic E-state index is -1.63. The Bertz CT molecular complexity index is 1110. The molecule has 2 atom stereocenters. The molecule has 14 nitrogen and oxygen atoms in total. The van der Waals surface area contributed by atoms with Gasteiger partial charge in [0.25, 0.3) is 11.8 Å². The van der Waals surface area contributed by atoms with Gasteiger partial charge < -0.3 is 18.9 Å². The quantitative estimate of drug-likeness (QED) is 0.0949. The molecule has 0 bridgehead atoms. The third-order valence-electron chi connectivity index (χ3n) is 5.60. The normalized spacial score (nSPS) is 17.8. The number of fused-ring (bicyclic) bond motifs is 1. The Morgan fingerprint density at radius 1 is 0.947 bits per heavy atom. The van der Waals surface area contributed by atoms with Crippen molar-refractivity contribution >= 4 is 34.4 Å². The summed E-state index contributed by atoms with van der Waals surface area (Å²) in [6.45, 7) is 2.87. The van der Waals surface area contributed by atoms with Crippen molar-refractivity contribution in [1.82, 2.24) is 10.2 Å². The molecule has 38 heavy (non-hydrogen) atoms. The molecule has 0 spiro atoms. The molecule has 2 heterocycles. The van der Waals surface area contributed by atoms with Crippen molar-refractivity contribution in [3.05, 3.63) is 39.8 Å². The number of hydrogen-bond acceptors (Lipinski definition) is 10. The van der Waals surface area contributed by atoms with Gasteiger partial charge in [-0.05, 0) is 24.1 Å². The van der Waals surface area contributed by atoms with E-state index in [1.165, 1.54) is 18.2 Å². The Morgan fingerprint density at radius 3 is 2.21 bits per heavy atom. The topological polar surface area (TPSA) is 186 Å². The van der Waals surface area contributed by atoms with Crippen LogP contribution in [-0.2, 0) is 39.3 Å². The summed E-state index contributed by atoms with van der Waals surface area (Å²) in [4.78, 5) is 53.3. The molecule has 3 rings (SSSR count). The minimum Gasteiger partial charge on any atom is -0.379 e. The zero-order valence-electron chi connectivity index (χ0n) is 20.7. The average molecular weight is 552 g/mol. The zero-order chi connectivity index (χ0) is 27.3. The molecule has 0 aromatic heterocycles. The van der Waals surface area contributed by atoms with Crippen LogP contribution in [0, 0.1) is 0 Å². The molecule has 4 amide bonds. The van der Waals surface area contributed by atoms with E-state index in [0.29, 0.717) is 39.6 Å². The van der Waals surface area contributed by atoms with Crippen LogP contribution >= 0.6 is 0 Å². The number of imide groups is 2. The van der Waals surface area contributed by atoms with Gasteiger partial charge in [-0.1, -0.05) is 11.2 Å². The number of rotatable bonds is 17. The van der Waals surface area contributed by atoms with Gasteiger partial charge in [-0.25, -0.2) is 0 Å². The highest BCUT2D eigenvalue weighted by Crippen LogP contribution is 2.31. The van der Waals surface area contributed by atoms with Gasteiger partial charge in [-0.3, -0.25) is 33.6 Å².